The Hall–Kier alpha value is -3.19. The van der Waals surface area contributed by atoms with Crippen molar-refractivity contribution in [3.63, 3.8) is 0 Å². The molecule has 1 heterocycles. The second-order valence-electron chi connectivity index (χ2n) is 6.15. The van der Waals surface area contributed by atoms with Crippen LogP contribution in [0.1, 0.15) is 21.5 Å². The number of aryl methyl sites for hydroxylation is 2. The highest BCUT2D eigenvalue weighted by Gasteiger charge is 2.18. The summed E-state index contributed by atoms with van der Waals surface area (Å²) in [6.45, 7) is 3.58. The fraction of sp³-hybridized carbons (Fsp3) is 0.100. The lowest BCUT2D eigenvalue weighted by Gasteiger charge is -2.12. The molecule has 0 saturated heterocycles. The number of aromatic nitrogens is 1. The summed E-state index contributed by atoms with van der Waals surface area (Å²) in [5.41, 5.74) is 2.71. The Morgan fingerprint density at radius 3 is 2.48 bits per heavy atom. The van der Waals surface area contributed by atoms with E-state index in [4.69, 9.17) is 0 Å². The second kappa shape index (κ2) is 7.59. The molecule has 138 valence electrons. The van der Waals surface area contributed by atoms with Crippen LogP contribution in [0.25, 0.3) is 0 Å². The molecule has 0 atom stereocenters. The van der Waals surface area contributed by atoms with E-state index < -0.39 is 10.0 Å². The van der Waals surface area contributed by atoms with Gasteiger partial charge in [-0.25, -0.2) is 8.42 Å². The SMILES string of the molecule is Cc1ccc(C)c(S(=O)(=O)Nc2cccc(C(=O)Nc3cccnc3)c2)c1. The van der Waals surface area contributed by atoms with Gasteiger partial charge in [0.1, 0.15) is 0 Å². The average Bonchev–Trinajstić information content (AvgIpc) is 2.64. The molecule has 3 rings (SSSR count). The lowest BCUT2D eigenvalue weighted by molar-refractivity contribution is 0.102. The third-order valence-corrected chi connectivity index (χ3v) is 5.45. The summed E-state index contributed by atoms with van der Waals surface area (Å²) in [7, 11) is -3.76. The topological polar surface area (TPSA) is 88.2 Å². The predicted molar refractivity (Wildman–Crippen MR) is 105 cm³/mol. The van der Waals surface area contributed by atoms with Crippen molar-refractivity contribution in [2.75, 3.05) is 10.0 Å². The van der Waals surface area contributed by atoms with E-state index in [1.54, 1.807) is 55.6 Å². The van der Waals surface area contributed by atoms with Crippen molar-refractivity contribution in [2.24, 2.45) is 0 Å². The fourth-order valence-electron chi connectivity index (χ4n) is 2.57. The van der Waals surface area contributed by atoms with Gasteiger partial charge in [-0.1, -0.05) is 18.2 Å². The van der Waals surface area contributed by atoms with Gasteiger partial charge in [0.15, 0.2) is 0 Å². The third kappa shape index (κ3) is 4.51. The van der Waals surface area contributed by atoms with Crippen LogP contribution >= 0.6 is 0 Å². The summed E-state index contributed by atoms with van der Waals surface area (Å²) in [6.07, 6.45) is 3.14. The van der Waals surface area contributed by atoms with E-state index in [1.807, 2.05) is 13.0 Å². The standard InChI is InChI=1S/C20H19N3O3S/c1-14-8-9-15(2)19(11-14)27(25,26)23-17-6-3-5-16(12-17)20(24)22-18-7-4-10-21-13-18/h3-13,23H,1-2H3,(H,22,24). The van der Waals surface area contributed by atoms with Crippen LogP contribution in [-0.4, -0.2) is 19.3 Å². The van der Waals surface area contributed by atoms with Crippen LogP contribution in [0.5, 0.6) is 0 Å². The first-order valence-electron chi connectivity index (χ1n) is 8.27. The minimum atomic E-state index is -3.76. The highest BCUT2D eigenvalue weighted by molar-refractivity contribution is 7.92. The highest BCUT2D eigenvalue weighted by atomic mass is 32.2. The average molecular weight is 381 g/mol. The first-order chi connectivity index (χ1) is 12.8. The van der Waals surface area contributed by atoms with Gasteiger partial charge in [0.25, 0.3) is 15.9 Å². The van der Waals surface area contributed by atoms with E-state index in [0.717, 1.165) is 5.56 Å². The molecule has 6 nitrogen and oxygen atoms in total. The van der Waals surface area contributed by atoms with E-state index in [1.165, 1.54) is 12.3 Å². The molecule has 0 unspecified atom stereocenters. The molecule has 0 saturated carbocycles. The molecule has 3 aromatic rings. The molecule has 0 aliphatic heterocycles. The monoisotopic (exact) mass is 381 g/mol. The Kier molecular flexibility index (Phi) is 5.23. The molecular formula is C20H19N3O3S. The molecule has 0 radical (unpaired) electrons. The number of benzene rings is 2. The minimum Gasteiger partial charge on any atom is -0.321 e. The Morgan fingerprint density at radius 1 is 0.963 bits per heavy atom. The van der Waals surface area contributed by atoms with Gasteiger partial charge in [-0.15, -0.1) is 0 Å². The van der Waals surface area contributed by atoms with Crippen LogP contribution in [0.3, 0.4) is 0 Å². The van der Waals surface area contributed by atoms with Crippen molar-refractivity contribution >= 4 is 27.3 Å². The molecular weight excluding hydrogens is 362 g/mol. The van der Waals surface area contributed by atoms with Crippen molar-refractivity contribution in [3.05, 3.63) is 83.7 Å². The number of carbonyl (C=O) groups is 1. The summed E-state index contributed by atoms with van der Waals surface area (Å²) >= 11 is 0. The van der Waals surface area contributed by atoms with E-state index in [-0.39, 0.29) is 10.8 Å². The number of sulfonamides is 1. The van der Waals surface area contributed by atoms with Crippen LogP contribution in [0.4, 0.5) is 11.4 Å². The number of anilines is 2. The van der Waals surface area contributed by atoms with Gasteiger partial charge in [0, 0.05) is 17.4 Å². The Balaban J connectivity index is 1.83. The van der Waals surface area contributed by atoms with Crippen molar-refractivity contribution in [2.45, 2.75) is 18.7 Å². The van der Waals surface area contributed by atoms with Crippen LogP contribution in [0.2, 0.25) is 0 Å². The first kappa shape index (κ1) is 18.6. The van der Waals surface area contributed by atoms with Crippen LogP contribution in [-0.2, 0) is 10.0 Å². The molecule has 7 heteroatoms. The molecule has 0 spiro atoms. The minimum absolute atomic E-state index is 0.215. The zero-order chi connectivity index (χ0) is 19.4. The first-order valence-corrected chi connectivity index (χ1v) is 9.75. The number of rotatable bonds is 5. The van der Waals surface area contributed by atoms with E-state index in [9.17, 15) is 13.2 Å². The number of hydrogen-bond donors (Lipinski definition) is 2. The van der Waals surface area contributed by atoms with Crippen molar-refractivity contribution in [3.8, 4) is 0 Å². The number of amides is 1. The second-order valence-corrected chi connectivity index (χ2v) is 7.80. The number of nitrogens with zero attached hydrogens (tertiary/aromatic N) is 1. The van der Waals surface area contributed by atoms with Crippen molar-refractivity contribution < 1.29 is 13.2 Å². The lowest BCUT2D eigenvalue weighted by atomic mass is 10.2. The maximum atomic E-state index is 12.7. The summed E-state index contributed by atoms with van der Waals surface area (Å²) in [5, 5.41) is 2.72. The molecule has 1 amide bonds. The van der Waals surface area contributed by atoms with Gasteiger partial charge in [0.05, 0.1) is 16.8 Å². The van der Waals surface area contributed by atoms with Crippen LogP contribution < -0.4 is 10.0 Å². The zero-order valence-electron chi connectivity index (χ0n) is 14.9. The molecule has 0 aliphatic carbocycles. The largest absolute Gasteiger partial charge is 0.321 e. The predicted octanol–water partition coefficient (Wildman–Crippen LogP) is 3.75. The zero-order valence-corrected chi connectivity index (χ0v) is 15.7. The summed E-state index contributed by atoms with van der Waals surface area (Å²) in [4.78, 5) is 16.5. The van der Waals surface area contributed by atoms with Gasteiger partial charge < -0.3 is 5.32 Å². The van der Waals surface area contributed by atoms with Crippen molar-refractivity contribution in [1.29, 1.82) is 0 Å². The van der Waals surface area contributed by atoms with Crippen LogP contribution in [0, 0.1) is 13.8 Å². The van der Waals surface area contributed by atoms with Crippen LogP contribution in [0.15, 0.2) is 71.9 Å². The summed E-state index contributed by atoms with van der Waals surface area (Å²) in [6, 6.07) is 15.0. The normalized spacial score (nSPS) is 11.0. The maximum Gasteiger partial charge on any atom is 0.262 e. The van der Waals surface area contributed by atoms with Gasteiger partial charge >= 0.3 is 0 Å². The van der Waals surface area contributed by atoms with Gasteiger partial charge in [-0.2, -0.15) is 0 Å². The van der Waals surface area contributed by atoms with Gasteiger partial charge in [-0.05, 0) is 61.4 Å². The highest BCUT2D eigenvalue weighted by Crippen LogP contribution is 2.21. The molecule has 2 aromatic carbocycles. The summed E-state index contributed by atoms with van der Waals surface area (Å²) < 4.78 is 28.0. The Bertz CT molecular complexity index is 1080. The fourth-order valence-corrected chi connectivity index (χ4v) is 3.95. The van der Waals surface area contributed by atoms with Gasteiger partial charge in [0.2, 0.25) is 0 Å². The molecule has 0 aliphatic rings. The van der Waals surface area contributed by atoms with E-state index in [0.29, 0.717) is 22.5 Å². The number of carbonyl (C=O) groups excluding carboxylic acids is 1. The number of nitrogens with one attached hydrogen (secondary N) is 2. The van der Waals surface area contributed by atoms with Gasteiger partial charge in [-0.3, -0.25) is 14.5 Å². The quantitative estimate of drug-likeness (QED) is 0.704. The lowest BCUT2D eigenvalue weighted by Crippen LogP contribution is -2.16. The maximum absolute atomic E-state index is 12.7. The number of hydrogen-bond acceptors (Lipinski definition) is 4. The van der Waals surface area contributed by atoms with E-state index >= 15 is 0 Å². The van der Waals surface area contributed by atoms with E-state index in [2.05, 4.69) is 15.0 Å². The molecule has 0 bridgehead atoms. The molecule has 0 fully saturated rings. The Labute approximate surface area is 158 Å². The third-order valence-electron chi connectivity index (χ3n) is 3.93. The Morgan fingerprint density at radius 2 is 1.74 bits per heavy atom. The smallest absolute Gasteiger partial charge is 0.262 e. The molecule has 27 heavy (non-hydrogen) atoms. The van der Waals surface area contributed by atoms with Crippen molar-refractivity contribution in [1.82, 2.24) is 4.98 Å². The molecule has 1 aromatic heterocycles. The summed E-state index contributed by atoms with van der Waals surface area (Å²) in [5.74, 6) is -0.351. The molecule has 2 N–H and O–H groups in total. The number of pyridine rings is 1.